The zero-order valence-corrected chi connectivity index (χ0v) is 18.6. The number of likely N-dealkylation sites (N-methyl/N-ethyl adjacent to an activating group) is 1. The van der Waals surface area contributed by atoms with E-state index in [9.17, 15) is 4.79 Å². The Morgan fingerprint density at radius 1 is 1.10 bits per heavy atom. The summed E-state index contributed by atoms with van der Waals surface area (Å²) in [4.78, 5) is 18.6. The Bertz CT molecular complexity index is 992. The first-order valence-electron chi connectivity index (χ1n) is 8.91. The molecule has 3 rings (SSSR count). The maximum Gasteiger partial charge on any atom is 0.266 e. The summed E-state index contributed by atoms with van der Waals surface area (Å²) >= 11 is 13.4. The highest BCUT2D eigenvalue weighted by atomic mass is 35.5. The number of thioether (sulfide) groups is 1. The van der Waals surface area contributed by atoms with Crippen molar-refractivity contribution in [3.63, 3.8) is 0 Å². The Hall–Kier alpha value is -2.15. The summed E-state index contributed by atoms with van der Waals surface area (Å²) in [5.74, 6) is 1.14. The minimum Gasteiger partial charge on any atom is -0.490 e. The van der Waals surface area contributed by atoms with Crippen molar-refractivity contribution in [1.29, 1.82) is 0 Å². The van der Waals surface area contributed by atoms with Crippen LogP contribution in [0.4, 0.5) is 0 Å². The molecule has 0 spiro atoms. The van der Waals surface area contributed by atoms with E-state index in [2.05, 4.69) is 4.99 Å². The van der Waals surface area contributed by atoms with Gasteiger partial charge in [0.2, 0.25) is 0 Å². The lowest BCUT2D eigenvalue weighted by molar-refractivity contribution is -0.121. The smallest absolute Gasteiger partial charge is 0.266 e. The third-order valence-corrected chi connectivity index (χ3v) is 6.03. The van der Waals surface area contributed by atoms with Crippen LogP contribution in [0, 0.1) is 0 Å². The predicted octanol–water partition coefficient (Wildman–Crippen LogP) is 5.50. The van der Waals surface area contributed by atoms with E-state index >= 15 is 0 Å². The summed E-state index contributed by atoms with van der Waals surface area (Å²) in [6.45, 7) is 2.72. The van der Waals surface area contributed by atoms with E-state index < -0.39 is 0 Å². The zero-order valence-electron chi connectivity index (χ0n) is 16.2. The van der Waals surface area contributed by atoms with Gasteiger partial charge in [0.1, 0.15) is 6.61 Å². The molecule has 0 radical (unpaired) electrons. The summed E-state index contributed by atoms with van der Waals surface area (Å²) < 4.78 is 11.7. The molecule has 2 aromatic carbocycles. The molecule has 8 heteroatoms. The monoisotopic (exact) mass is 450 g/mol. The van der Waals surface area contributed by atoms with Gasteiger partial charge in [-0.15, -0.1) is 0 Å². The SMILES string of the molecule is CCOc1cc(/C=C2/SC(=NC)N(C)C2=O)ccc1OCc1ccc(Cl)c(Cl)c1. The van der Waals surface area contributed by atoms with Gasteiger partial charge in [0.25, 0.3) is 5.91 Å². The maximum atomic E-state index is 12.3. The molecule has 0 N–H and O–H groups in total. The molecular formula is C21H20Cl2N2O3S. The van der Waals surface area contributed by atoms with Gasteiger partial charge in [0, 0.05) is 14.1 Å². The molecule has 1 aliphatic heterocycles. The Kier molecular flexibility index (Phi) is 7.11. The number of hydrogen-bond donors (Lipinski definition) is 0. The molecule has 2 aromatic rings. The third-order valence-electron chi connectivity index (χ3n) is 4.14. The van der Waals surface area contributed by atoms with Crippen LogP contribution in [0.5, 0.6) is 11.5 Å². The number of amidine groups is 1. The number of hydrogen-bond acceptors (Lipinski definition) is 5. The van der Waals surface area contributed by atoms with Crippen molar-refractivity contribution in [2.24, 2.45) is 4.99 Å². The van der Waals surface area contributed by atoms with Gasteiger partial charge in [-0.2, -0.15) is 0 Å². The Morgan fingerprint density at radius 2 is 1.90 bits per heavy atom. The minimum absolute atomic E-state index is 0.0755. The summed E-state index contributed by atoms with van der Waals surface area (Å²) in [5.41, 5.74) is 1.74. The minimum atomic E-state index is -0.0755. The lowest BCUT2D eigenvalue weighted by Gasteiger charge is -2.13. The second kappa shape index (κ2) is 9.57. The number of halogens is 2. The molecular weight excluding hydrogens is 431 g/mol. The molecule has 29 heavy (non-hydrogen) atoms. The number of amides is 1. The Morgan fingerprint density at radius 3 is 2.55 bits per heavy atom. The number of rotatable bonds is 6. The van der Waals surface area contributed by atoms with Crippen LogP contribution in [0.25, 0.3) is 6.08 Å². The van der Waals surface area contributed by atoms with Crippen LogP contribution >= 0.6 is 35.0 Å². The van der Waals surface area contributed by atoms with Gasteiger partial charge in [-0.25, -0.2) is 0 Å². The number of carbonyl (C=O) groups is 1. The van der Waals surface area contributed by atoms with Gasteiger partial charge in [-0.3, -0.25) is 14.7 Å². The van der Waals surface area contributed by atoms with Crippen LogP contribution in [0.15, 0.2) is 46.3 Å². The van der Waals surface area contributed by atoms with Crippen molar-refractivity contribution in [3.05, 3.63) is 62.5 Å². The largest absolute Gasteiger partial charge is 0.490 e. The number of ether oxygens (including phenoxy) is 2. The van der Waals surface area contributed by atoms with Crippen molar-refractivity contribution in [2.45, 2.75) is 13.5 Å². The van der Waals surface area contributed by atoms with Gasteiger partial charge in [-0.1, -0.05) is 35.3 Å². The van der Waals surface area contributed by atoms with Gasteiger partial charge in [0.05, 0.1) is 21.6 Å². The van der Waals surface area contributed by atoms with E-state index in [1.807, 2.05) is 37.3 Å². The molecule has 1 fully saturated rings. The van der Waals surface area contributed by atoms with Gasteiger partial charge in [-0.05, 0) is 60.2 Å². The lowest BCUT2D eigenvalue weighted by atomic mass is 10.1. The van der Waals surface area contributed by atoms with E-state index in [-0.39, 0.29) is 5.91 Å². The molecule has 1 saturated heterocycles. The summed E-state index contributed by atoms with van der Waals surface area (Å²) in [6.07, 6.45) is 1.83. The Labute approximate surface area is 184 Å². The summed E-state index contributed by atoms with van der Waals surface area (Å²) in [7, 11) is 3.38. The molecule has 0 unspecified atom stereocenters. The fourth-order valence-electron chi connectivity index (χ4n) is 2.69. The molecule has 1 heterocycles. The van der Waals surface area contributed by atoms with Crippen LogP contribution in [0.1, 0.15) is 18.1 Å². The van der Waals surface area contributed by atoms with E-state index in [1.165, 1.54) is 16.7 Å². The zero-order chi connectivity index (χ0) is 21.0. The predicted molar refractivity (Wildman–Crippen MR) is 120 cm³/mol. The third kappa shape index (κ3) is 5.07. The molecule has 1 amide bonds. The van der Waals surface area contributed by atoms with Crippen LogP contribution < -0.4 is 9.47 Å². The highest BCUT2D eigenvalue weighted by molar-refractivity contribution is 8.18. The molecule has 5 nitrogen and oxygen atoms in total. The van der Waals surface area contributed by atoms with Crippen LogP contribution in [0.2, 0.25) is 10.0 Å². The highest BCUT2D eigenvalue weighted by Gasteiger charge is 2.29. The molecule has 152 valence electrons. The van der Waals surface area contributed by atoms with Gasteiger partial charge < -0.3 is 9.47 Å². The molecule has 0 aromatic heterocycles. The molecule has 0 saturated carbocycles. The fourth-order valence-corrected chi connectivity index (χ4v) is 3.94. The van der Waals surface area contributed by atoms with E-state index in [0.29, 0.717) is 44.8 Å². The maximum absolute atomic E-state index is 12.3. The average Bonchev–Trinajstić information content (AvgIpc) is 2.98. The second-order valence-corrected chi connectivity index (χ2v) is 7.98. The van der Waals surface area contributed by atoms with Crippen molar-refractivity contribution in [2.75, 3.05) is 20.7 Å². The molecule has 0 aliphatic carbocycles. The van der Waals surface area contributed by atoms with E-state index in [0.717, 1.165) is 11.1 Å². The van der Waals surface area contributed by atoms with Gasteiger partial charge in [0.15, 0.2) is 16.7 Å². The van der Waals surface area contributed by atoms with Crippen molar-refractivity contribution >= 4 is 52.1 Å². The summed E-state index contributed by atoms with van der Waals surface area (Å²) in [6, 6.07) is 10.9. The van der Waals surface area contributed by atoms with E-state index in [4.69, 9.17) is 32.7 Å². The molecule has 0 bridgehead atoms. The summed E-state index contributed by atoms with van der Waals surface area (Å²) in [5, 5.41) is 1.66. The number of benzene rings is 2. The highest BCUT2D eigenvalue weighted by Crippen LogP contribution is 2.34. The number of carbonyl (C=O) groups excluding carboxylic acids is 1. The van der Waals surface area contributed by atoms with Crippen LogP contribution in [-0.4, -0.2) is 36.7 Å². The van der Waals surface area contributed by atoms with Crippen molar-refractivity contribution < 1.29 is 14.3 Å². The normalized spacial score (nSPS) is 16.7. The first-order valence-corrected chi connectivity index (χ1v) is 10.5. The standard InChI is InChI=1S/C21H20Cl2N2O3S/c1-4-27-18-10-13(11-19-20(26)25(3)21(24-2)29-19)6-8-17(18)28-12-14-5-7-15(22)16(23)9-14/h5-11H,4,12H2,1-3H3/b19-11+,24-21?. The van der Waals surface area contributed by atoms with Crippen molar-refractivity contribution in [1.82, 2.24) is 4.90 Å². The molecule has 1 aliphatic rings. The number of aliphatic imine (C=N–C) groups is 1. The van der Waals surface area contributed by atoms with Crippen LogP contribution in [-0.2, 0) is 11.4 Å². The first kappa shape index (κ1) is 21.6. The topological polar surface area (TPSA) is 51.1 Å². The van der Waals surface area contributed by atoms with Crippen LogP contribution in [0.3, 0.4) is 0 Å². The fraction of sp³-hybridized carbons (Fsp3) is 0.238. The quantitative estimate of drug-likeness (QED) is 0.544. The second-order valence-electron chi connectivity index (χ2n) is 6.16. The first-order chi connectivity index (χ1) is 13.9. The Balaban J connectivity index is 1.80. The van der Waals surface area contributed by atoms with Crippen molar-refractivity contribution in [3.8, 4) is 11.5 Å². The average molecular weight is 451 g/mol. The van der Waals surface area contributed by atoms with Gasteiger partial charge >= 0.3 is 0 Å². The van der Waals surface area contributed by atoms with E-state index in [1.54, 1.807) is 26.2 Å². The lowest BCUT2D eigenvalue weighted by Crippen LogP contribution is -2.23. The molecule has 0 atom stereocenters. The number of nitrogens with zero attached hydrogens (tertiary/aromatic N) is 2.